The van der Waals surface area contributed by atoms with E-state index in [-0.39, 0.29) is 28.5 Å². The second kappa shape index (κ2) is 6.12. The van der Waals surface area contributed by atoms with Gasteiger partial charge < -0.3 is 15.4 Å². The van der Waals surface area contributed by atoms with Crippen molar-refractivity contribution in [1.29, 1.82) is 0 Å². The smallest absolute Gasteiger partial charge is 0.271 e. The lowest BCUT2D eigenvalue weighted by Crippen LogP contribution is -2.32. The molecule has 90 valence electrons. The molecule has 0 aliphatic heterocycles. The van der Waals surface area contributed by atoms with Crippen LogP contribution in [0.4, 0.5) is 5.82 Å². The molecule has 1 rings (SSSR count). The predicted molar refractivity (Wildman–Crippen MR) is 67.3 cm³/mol. The molecule has 0 saturated heterocycles. The van der Waals surface area contributed by atoms with Gasteiger partial charge in [0.05, 0.1) is 12.9 Å². The first kappa shape index (κ1) is 13.3. The Morgan fingerprint density at radius 1 is 1.75 bits per heavy atom. The molecule has 3 N–H and O–H groups in total. The van der Waals surface area contributed by atoms with Gasteiger partial charge in [0, 0.05) is 11.3 Å². The number of hydrogen-bond donors (Lipinski definition) is 3. The summed E-state index contributed by atoms with van der Waals surface area (Å²) in [6.07, 6.45) is 3.20. The van der Waals surface area contributed by atoms with Crippen molar-refractivity contribution in [3.05, 3.63) is 21.7 Å². The van der Waals surface area contributed by atoms with Crippen LogP contribution in [0.5, 0.6) is 0 Å². The number of aliphatic hydroxyl groups is 1. The minimum absolute atomic E-state index is 0.0251. The predicted octanol–water partition coefficient (Wildman–Crippen LogP) is 0.948. The van der Waals surface area contributed by atoms with E-state index in [2.05, 4.69) is 15.3 Å². The van der Waals surface area contributed by atoms with Crippen LogP contribution in [0.25, 0.3) is 0 Å². The van der Waals surface area contributed by atoms with E-state index in [0.717, 1.165) is 0 Å². The zero-order chi connectivity index (χ0) is 12.1. The van der Waals surface area contributed by atoms with E-state index in [1.165, 1.54) is 18.1 Å². The minimum atomic E-state index is -0.379. The Hall–Kier alpha value is -0.720. The highest BCUT2D eigenvalue weighted by molar-refractivity contribution is 7.99. The van der Waals surface area contributed by atoms with E-state index in [4.69, 9.17) is 16.7 Å². The average molecular weight is 264 g/mol. The largest absolute Gasteiger partial charge is 0.395 e. The summed E-state index contributed by atoms with van der Waals surface area (Å²) in [5.41, 5.74) is -0.379. The van der Waals surface area contributed by atoms with Gasteiger partial charge in [-0.25, -0.2) is 4.98 Å². The summed E-state index contributed by atoms with van der Waals surface area (Å²) in [4.78, 5) is 17.5. The fourth-order valence-corrected chi connectivity index (χ4v) is 2.01. The summed E-state index contributed by atoms with van der Waals surface area (Å²) in [7, 11) is 0. The maximum Gasteiger partial charge on any atom is 0.271 e. The zero-order valence-electron chi connectivity index (χ0n) is 9.03. The average Bonchev–Trinajstić information content (AvgIpc) is 2.26. The van der Waals surface area contributed by atoms with E-state index in [0.29, 0.717) is 5.82 Å². The third-order valence-corrected chi connectivity index (χ3v) is 3.71. The van der Waals surface area contributed by atoms with Crippen LogP contribution >= 0.6 is 23.4 Å². The third-order valence-electron chi connectivity index (χ3n) is 2.20. The summed E-state index contributed by atoms with van der Waals surface area (Å²) in [6, 6.07) is -0.0354. The van der Waals surface area contributed by atoms with Crippen molar-refractivity contribution < 1.29 is 5.11 Å². The summed E-state index contributed by atoms with van der Waals surface area (Å²) >= 11 is 7.33. The van der Waals surface area contributed by atoms with Crippen LogP contribution in [-0.2, 0) is 0 Å². The van der Waals surface area contributed by atoms with Crippen LogP contribution in [0.15, 0.2) is 11.1 Å². The van der Waals surface area contributed by atoms with Gasteiger partial charge >= 0.3 is 0 Å². The first-order valence-corrected chi connectivity index (χ1v) is 6.40. The topological polar surface area (TPSA) is 78.0 Å². The second-order valence-corrected chi connectivity index (χ2v) is 4.74. The Labute approximate surface area is 103 Å². The van der Waals surface area contributed by atoms with Gasteiger partial charge in [0.1, 0.15) is 5.02 Å². The van der Waals surface area contributed by atoms with Crippen molar-refractivity contribution in [3.63, 3.8) is 0 Å². The molecular weight excluding hydrogens is 250 g/mol. The molecule has 0 radical (unpaired) electrons. The van der Waals surface area contributed by atoms with E-state index in [1.807, 2.05) is 13.2 Å². The van der Waals surface area contributed by atoms with Gasteiger partial charge in [-0.3, -0.25) is 4.79 Å². The van der Waals surface area contributed by atoms with Crippen molar-refractivity contribution in [3.8, 4) is 0 Å². The number of hydrogen-bond acceptors (Lipinski definition) is 5. The zero-order valence-corrected chi connectivity index (χ0v) is 10.6. The molecular formula is C9H14ClN3O2S. The van der Waals surface area contributed by atoms with E-state index in [1.54, 1.807) is 0 Å². The van der Waals surface area contributed by atoms with E-state index >= 15 is 0 Å². The highest BCUT2D eigenvalue weighted by Crippen LogP contribution is 2.18. The lowest BCUT2D eigenvalue weighted by molar-refractivity contribution is 0.288. The van der Waals surface area contributed by atoms with Gasteiger partial charge in [0.2, 0.25) is 0 Å². The number of nitrogens with zero attached hydrogens (tertiary/aromatic N) is 1. The molecule has 0 aromatic carbocycles. The molecule has 2 unspecified atom stereocenters. The Morgan fingerprint density at radius 2 is 2.44 bits per heavy atom. The fourth-order valence-electron chi connectivity index (χ4n) is 1.23. The molecule has 0 amide bonds. The van der Waals surface area contributed by atoms with Crippen LogP contribution in [0.3, 0.4) is 0 Å². The lowest BCUT2D eigenvalue weighted by atomic mass is 10.2. The van der Waals surface area contributed by atoms with Gasteiger partial charge in [-0.15, -0.1) is 0 Å². The second-order valence-electron chi connectivity index (χ2n) is 3.28. The third kappa shape index (κ3) is 3.13. The molecule has 0 aliphatic rings. The highest BCUT2D eigenvalue weighted by atomic mass is 35.5. The van der Waals surface area contributed by atoms with Crippen molar-refractivity contribution in [2.45, 2.75) is 18.2 Å². The van der Waals surface area contributed by atoms with Crippen LogP contribution < -0.4 is 10.9 Å². The molecule has 2 atom stereocenters. The Bertz CT molecular complexity index is 395. The summed E-state index contributed by atoms with van der Waals surface area (Å²) in [6.45, 7) is 1.95. The number of thioether (sulfide) groups is 1. The lowest BCUT2D eigenvalue weighted by Gasteiger charge is -2.21. The molecule has 5 nitrogen and oxygen atoms in total. The Kier molecular flexibility index (Phi) is 5.11. The Balaban J connectivity index is 2.80. The van der Waals surface area contributed by atoms with Gasteiger partial charge in [-0.05, 0) is 13.2 Å². The number of halogens is 1. The number of rotatable bonds is 5. The molecule has 0 spiro atoms. The van der Waals surface area contributed by atoms with Crippen molar-refractivity contribution in [2.75, 3.05) is 18.2 Å². The number of aromatic amines is 1. The Morgan fingerprint density at radius 3 is 3.00 bits per heavy atom. The van der Waals surface area contributed by atoms with Crippen molar-refractivity contribution in [2.24, 2.45) is 0 Å². The normalized spacial score (nSPS) is 14.5. The monoisotopic (exact) mass is 263 g/mol. The van der Waals surface area contributed by atoms with E-state index in [9.17, 15) is 4.79 Å². The van der Waals surface area contributed by atoms with Crippen LogP contribution in [0.1, 0.15) is 6.92 Å². The molecule has 0 fully saturated rings. The first-order valence-electron chi connectivity index (χ1n) is 4.73. The quantitative estimate of drug-likeness (QED) is 0.737. The molecule has 1 aromatic heterocycles. The molecule has 0 bridgehead atoms. The highest BCUT2D eigenvalue weighted by Gasteiger charge is 2.17. The minimum Gasteiger partial charge on any atom is -0.395 e. The summed E-state index contributed by atoms with van der Waals surface area (Å²) in [5.74, 6) is 0.338. The molecule has 1 heterocycles. The van der Waals surface area contributed by atoms with Crippen LogP contribution in [0, 0.1) is 0 Å². The number of nitrogens with one attached hydrogen (secondary N) is 2. The molecule has 0 saturated carbocycles. The standard InChI is InChI=1S/C9H14ClN3O2S/c1-5(6(3-14)16-2)13-8-7(10)9(15)12-4-11-8/h4-6,14H,3H2,1-2H3,(H2,11,12,13,15). The number of H-pyrrole nitrogens is 1. The molecule has 16 heavy (non-hydrogen) atoms. The van der Waals surface area contributed by atoms with Crippen molar-refractivity contribution in [1.82, 2.24) is 9.97 Å². The number of aliphatic hydroxyl groups excluding tert-OH is 1. The molecule has 1 aromatic rings. The molecule has 7 heteroatoms. The summed E-state index contributed by atoms with van der Waals surface area (Å²) in [5, 5.41) is 12.2. The first-order chi connectivity index (χ1) is 7.60. The maximum atomic E-state index is 11.2. The van der Waals surface area contributed by atoms with Gasteiger partial charge in [-0.1, -0.05) is 11.6 Å². The van der Waals surface area contributed by atoms with Crippen LogP contribution in [0.2, 0.25) is 5.02 Å². The van der Waals surface area contributed by atoms with Gasteiger partial charge in [0.25, 0.3) is 5.56 Å². The van der Waals surface area contributed by atoms with Gasteiger partial charge in [0.15, 0.2) is 5.82 Å². The maximum absolute atomic E-state index is 11.2. The molecule has 0 aliphatic carbocycles. The van der Waals surface area contributed by atoms with E-state index < -0.39 is 0 Å². The fraction of sp³-hybridized carbons (Fsp3) is 0.556. The summed E-state index contributed by atoms with van der Waals surface area (Å²) < 4.78 is 0. The number of anilines is 1. The SMILES string of the molecule is CSC(CO)C(C)Nc1nc[nH]c(=O)c1Cl. The van der Waals surface area contributed by atoms with Crippen LogP contribution in [-0.4, -0.2) is 39.2 Å². The van der Waals surface area contributed by atoms with Crippen molar-refractivity contribution >= 4 is 29.2 Å². The number of aromatic nitrogens is 2. The van der Waals surface area contributed by atoms with Gasteiger partial charge in [-0.2, -0.15) is 11.8 Å².